The summed E-state index contributed by atoms with van der Waals surface area (Å²) in [6, 6.07) is 0.373. The van der Waals surface area contributed by atoms with Gasteiger partial charge < -0.3 is 5.73 Å². The van der Waals surface area contributed by atoms with Crippen LogP contribution in [0.1, 0.15) is 39.5 Å². The fourth-order valence-corrected chi connectivity index (χ4v) is 1.98. The molecular formula is C12H24N2. The molecule has 1 atom stereocenters. The van der Waals surface area contributed by atoms with Crippen molar-refractivity contribution in [3.05, 3.63) is 11.6 Å². The standard InChI is InChI=1S/C12H24N2/c1-11-6-5-9-14(10-11)8-4-3-7-12(2)13/h6,12H,3-5,7-10,13H2,1-2H3. The molecule has 82 valence electrons. The van der Waals surface area contributed by atoms with Gasteiger partial charge in [0.05, 0.1) is 0 Å². The molecule has 1 aliphatic rings. The van der Waals surface area contributed by atoms with Crippen molar-refractivity contribution in [2.45, 2.75) is 45.6 Å². The van der Waals surface area contributed by atoms with Gasteiger partial charge in [0.25, 0.3) is 0 Å². The smallest absolute Gasteiger partial charge is 0.0190 e. The third-order valence-electron chi connectivity index (χ3n) is 2.79. The molecule has 0 aromatic heterocycles. The summed E-state index contributed by atoms with van der Waals surface area (Å²) in [6.45, 7) is 7.99. The van der Waals surface area contributed by atoms with Crippen LogP contribution in [-0.4, -0.2) is 30.6 Å². The summed E-state index contributed by atoms with van der Waals surface area (Å²) < 4.78 is 0. The minimum absolute atomic E-state index is 0.373. The lowest BCUT2D eigenvalue weighted by atomic mass is 10.1. The van der Waals surface area contributed by atoms with Gasteiger partial charge in [0.15, 0.2) is 0 Å². The van der Waals surface area contributed by atoms with Crippen LogP contribution in [0.3, 0.4) is 0 Å². The predicted octanol–water partition coefficient (Wildman–Crippen LogP) is 2.16. The minimum Gasteiger partial charge on any atom is -0.328 e. The average Bonchev–Trinajstić information content (AvgIpc) is 2.12. The molecule has 0 aromatic rings. The largest absolute Gasteiger partial charge is 0.328 e. The molecule has 14 heavy (non-hydrogen) atoms. The molecule has 0 amide bonds. The zero-order valence-corrected chi connectivity index (χ0v) is 9.63. The summed E-state index contributed by atoms with van der Waals surface area (Å²) in [5.41, 5.74) is 7.24. The molecule has 0 radical (unpaired) electrons. The van der Waals surface area contributed by atoms with E-state index < -0.39 is 0 Å². The van der Waals surface area contributed by atoms with Crippen LogP contribution in [0.15, 0.2) is 11.6 Å². The minimum atomic E-state index is 0.373. The molecule has 1 heterocycles. The summed E-state index contributed by atoms with van der Waals surface area (Å²) in [6.07, 6.45) is 7.34. The van der Waals surface area contributed by atoms with Gasteiger partial charge in [0.2, 0.25) is 0 Å². The Morgan fingerprint density at radius 2 is 2.29 bits per heavy atom. The molecular weight excluding hydrogens is 172 g/mol. The molecule has 0 spiro atoms. The van der Waals surface area contributed by atoms with E-state index in [-0.39, 0.29) is 0 Å². The summed E-state index contributed by atoms with van der Waals surface area (Å²) in [5, 5.41) is 0. The molecule has 0 saturated carbocycles. The Kier molecular flexibility index (Phi) is 5.20. The van der Waals surface area contributed by atoms with Gasteiger partial charge in [-0.25, -0.2) is 0 Å². The highest BCUT2D eigenvalue weighted by Crippen LogP contribution is 2.10. The van der Waals surface area contributed by atoms with Crippen LogP contribution in [0.4, 0.5) is 0 Å². The lowest BCUT2D eigenvalue weighted by Gasteiger charge is -2.25. The van der Waals surface area contributed by atoms with E-state index in [1.807, 2.05) is 0 Å². The third-order valence-corrected chi connectivity index (χ3v) is 2.79. The molecule has 0 saturated heterocycles. The van der Waals surface area contributed by atoms with Gasteiger partial charge in [-0.2, -0.15) is 0 Å². The molecule has 2 heteroatoms. The van der Waals surface area contributed by atoms with E-state index in [0.717, 1.165) is 0 Å². The second-order valence-electron chi connectivity index (χ2n) is 4.59. The highest BCUT2D eigenvalue weighted by molar-refractivity contribution is 5.04. The second kappa shape index (κ2) is 6.20. The maximum atomic E-state index is 5.71. The maximum Gasteiger partial charge on any atom is 0.0190 e. The highest BCUT2D eigenvalue weighted by Gasteiger charge is 2.08. The van der Waals surface area contributed by atoms with Gasteiger partial charge in [0.1, 0.15) is 0 Å². The quantitative estimate of drug-likeness (QED) is 0.539. The Labute approximate surface area is 88.2 Å². The number of hydrogen-bond donors (Lipinski definition) is 1. The first-order valence-corrected chi connectivity index (χ1v) is 5.82. The summed E-state index contributed by atoms with van der Waals surface area (Å²) in [7, 11) is 0. The first kappa shape index (κ1) is 11.7. The third kappa shape index (κ3) is 4.77. The van der Waals surface area contributed by atoms with Crippen LogP contribution in [-0.2, 0) is 0 Å². The number of hydrogen-bond acceptors (Lipinski definition) is 2. The average molecular weight is 196 g/mol. The zero-order valence-electron chi connectivity index (χ0n) is 9.63. The van der Waals surface area contributed by atoms with Crippen LogP contribution in [0, 0.1) is 0 Å². The summed E-state index contributed by atoms with van der Waals surface area (Å²) >= 11 is 0. The maximum absolute atomic E-state index is 5.71. The topological polar surface area (TPSA) is 29.3 Å². The van der Waals surface area contributed by atoms with Crippen molar-refractivity contribution < 1.29 is 0 Å². The van der Waals surface area contributed by atoms with E-state index in [1.54, 1.807) is 0 Å². The van der Waals surface area contributed by atoms with E-state index in [2.05, 4.69) is 24.8 Å². The first-order valence-electron chi connectivity index (χ1n) is 5.82. The predicted molar refractivity (Wildman–Crippen MR) is 62.3 cm³/mol. The Hall–Kier alpha value is -0.340. The molecule has 0 aliphatic carbocycles. The van der Waals surface area contributed by atoms with E-state index in [4.69, 9.17) is 5.73 Å². The molecule has 1 unspecified atom stereocenters. The lowest BCUT2D eigenvalue weighted by molar-refractivity contribution is 0.282. The normalized spacial score (nSPS) is 20.6. The van der Waals surface area contributed by atoms with Crippen molar-refractivity contribution in [3.8, 4) is 0 Å². The van der Waals surface area contributed by atoms with Crippen molar-refractivity contribution in [3.63, 3.8) is 0 Å². The summed E-state index contributed by atoms with van der Waals surface area (Å²) in [4.78, 5) is 2.55. The molecule has 0 aromatic carbocycles. The van der Waals surface area contributed by atoms with Gasteiger partial charge in [-0.1, -0.05) is 18.1 Å². The van der Waals surface area contributed by atoms with Crippen molar-refractivity contribution in [2.75, 3.05) is 19.6 Å². The van der Waals surface area contributed by atoms with Gasteiger partial charge in [-0.15, -0.1) is 0 Å². The zero-order chi connectivity index (χ0) is 10.4. The van der Waals surface area contributed by atoms with Crippen molar-refractivity contribution in [1.82, 2.24) is 4.90 Å². The molecule has 2 N–H and O–H groups in total. The van der Waals surface area contributed by atoms with Crippen LogP contribution < -0.4 is 5.73 Å². The molecule has 0 fully saturated rings. The fraction of sp³-hybridized carbons (Fsp3) is 0.833. The van der Waals surface area contributed by atoms with Gasteiger partial charge >= 0.3 is 0 Å². The molecule has 2 nitrogen and oxygen atoms in total. The van der Waals surface area contributed by atoms with Crippen molar-refractivity contribution >= 4 is 0 Å². The van der Waals surface area contributed by atoms with Gasteiger partial charge in [-0.05, 0) is 39.7 Å². The number of unbranched alkanes of at least 4 members (excludes halogenated alkanes) is 1. The Morgan fingerprint density at radius 1 is 1.50 bits per heavy atom. The van der Waals surface area contributed by atoms with Crippen LogP contribution in [0.2, 0.25) is 0 Å². The van der Waals surface area contributed by atoms with Crippen LogP contribution in [0.5, 0.6) is 0 Å². The van der Waals surface area contributed by atoms with E-state index in [9.17, 15) is 0 Å². The molecule has 0 bridgehead atoms. The number of rotatable bonds is 5. The molecule has 1 rings (SSSR count). The Balaban J connectivity index is 2.04. The van der Waals surface area contributed by atoms with Gasteiger partial charge in [-0.3, -0.25) is 4.90 Å². The van der Waals surface area contributed by atoms with Crippen molar-refractivity contribution in [2.24, 2.45) is 5.73 Å². The van der Waals surface area contributed by atoms with E-state index >= 15 is 0 Å². The SMILES string of the molecule is CC1=CCCN(CCCCC(C)N)C1. The van der Waals surface area contributed by atoms with E-state index in [1.165, 1.54) is 50.9 Å². The fourth-order valence-electron chi connectivity index (χ4n) is 1.98. The second-order valence-corrected chi connectivity index (χ2v) is 4.59. The monoisotopic (exact) mass is 196 g/mol. The van der Waals surface area contributed by atoms with Crippen LogP contribution >= 0.6 is 0 Å². The molecule has 1 aliphatic heterocycles. The van der Waals surface area contributed by atoms with Crippen molar-refractivity contribution in [1.29, 1.82) is 0 Å². The van der Waals surface area contributed by atoms with E-state index in [0.29, 0.717) is 6.04 Å². The lowest BCUT2D eigenvalue weighted by Crippen LogP contribution is -2.30. The number of nitrogens with two attached hydrogens (primary N) is 1. The first-order chi connectivity index (χ1) is 6.68. The summed E-state index contributed by atoms with van der Waals surface area (Å²) in [5.74, 6) is 0. The van der Waals surface area contributed by atoms with Gasteiger partial charge in [0, 0.05) is 19.1 Å². The highest BCUT2D eigenvalue weighted by atomic mass is 15.1. The number of nitrogens with zero attached hydrogens (tertiary/aromatic N) is 1. The van der Waals surface area contributed by atoms with Crippen LogP contribution in [0.25, 0.3) is 0 Å². The Bertz CT molecular complexity index is 185. The Morgan fingerprint density at radius 3 is 2.93 bits per heavy atom.